The Bertz CT molecular complexity index is 879. The van der Waals surface area contributed by atoms with Crippen molar-refractivity contribution in [2.75, 3.05) is 32.7 Å². The molecule has 1 unspecified atom stereocenters. The molecule has 0 radical (unpaired) electrons. The lowest BCUT2D eigenvalue weighted by molar-refractivity contribution is -0.143. The maximum Gasteiger partial charge on any atom is 0.264 e. The van der Waals surface area contributed by atoms with Gasteiger partial charge in [-0.1, -0.05) is 12.1 Å². The Hall–Kier alpha value is -2.74. The maximum absolute atomic E-state index is 13.2. The summed E-state index contributed by atoms with van der Waals surface area (Å²) in [5, 5.41) is 1.88. The molecule has 2 aromatic heterocycles. The molecule has 0 spiro atoms. The van der Waals surface area contributed by atoms with Crippen molar-refractivity contribution in [2.24, 2.45) is 0 Å². The standard InChI is InChI=1S/C22H26N4O3S/c27-20(16-17-6-1-3-9-23-17)24-11-13-25(14-12-24)21(28)18-7-2-4-10-26(18)22(29)19-8-5-15-30-19/h1,3,5-6,8-9,15,18H,2,4,7,10-14,16H2. The number of hydrogen-bond donors (Lipinski definition) is 0. The number of nitrogens with zero attached hydrogens (tertiary/aromatic N) is 4. The minimum absolute atomic E-state index is 0.0106. The highest BCUT2D eigenvalue weighted by atomic mass is 32.1. The van der Waals surface area contributed by atoms with Crippen LogP contribution in [0.4, 0.5) is 0 Å². The summed E-state index contributed by atoms with van der Waals surface area (Å²) in [4.78, 5) is 48.9. The molecule has 4 rings (SSSR count). The fourth-order valence-corrected chi connectivity index (χ4v) is 4.81. The van der Waals surface area contributed by atoms with Crippen molar-refractivity contribution in [1.29, 1.82) is 0 Å². The van der Waals surface area contributed by atoms with Crippen molar-refractivity contribution in [1.82, 2.24) is 19.7 Å². The second-order valence-corrected chi connectivity index (χ2v) is 8.64. The molecule has 8 heteroatoms. The van der Waals surface area contributed by atoms with E-state index in [0.29, 0.717) is 44.0 Å². The van der Waals surface area contributed by atoms with E-state index in [2.05, 4.69) is 4.98 Å². The number of thiophene rings is 1. The lowest BCUT2D eigenvalue weighted by atomic mass is 10.00. The third-order valence-corrected chi connectivity index (χ3v) is 6.64. The van der Waals surface area contributed by atoms with Crippen molar-refractivity contribution in [3.05, 3.63) is 52.5 Å². The number of carbonyl (C=O) groups excluding carboxylic acids is 3. The number of aromatic nitrogens is 1. The van der Waals surface area contributed by atoms with Gasteiger partial charge in [0.05, 0.1) is 11.3 Å². The van der Waals surface area contributed by atoms with E-state index < -0.39 is 6.04 Å². The summed E-state index contributed by atoms with van der Waals surface area (Å²) in [7, 11) is 0. The van der Waals surface area contributed by atoms with Crippen LogP contribution in [0.2, 0.25) is 0 Å². The molecular weight excluding hydrogens is 400 g/mol. The molecule has 0 aliphatic carbocycles. The Morgan fingerprint density at radius 3 is 2.47 bits per heavy atom. The first kappa shape index (κ1) is 20.5. The van der Waals surface area contributed by atoms with Gasteiger partial charge in [-0.05, 0) is 42.8 Å². The zero-order chi connectivity index (χ0) is 20.9. The second kappa shape index (κ2) is 9.38. The summed E-state index contributed by atoms with van der Waals surface area (Å²) in [6.45, 7) is 2.66. The number of piperazine rings is 1. The molecular formula is C22H26N4O3S. The Kier molecular flexibility index (Phi) is 6.42. The van der Waals surface area contributed by atoms with Gasteiger partial charge in [0.25, 0.3) is 5.91 Å². The van der Waals surface area contributed by atoms with Gasteiger partial charge in [-0.15, -0.1) is 11.3 Å². The molecule has 30 heavy (non-hydrogen) atoms. The fraction of sp³-hybridized carbons (Fsp3) is 0.455. The van der Waals surface area contributed by atoms with Crippen LogP contribution < -0.4 is 0 Å². The topological polar surface area (TPSA) is 73.8 Å². The van der Waals surface area contributed by atoms with Gasteiger partial charge < -0.3 is 14.7 Å². The molecule has 1 atom stereocenters. The predicted molar refractivity (Wildman–Crippen MR) is 114 cm³/mol. The quantitative estimate of drug-likeness (QED) is 0.750. The lowest BCUT2D eigenvalue weighted by Crippen LogP contribution is -2.57. The first-order valence-electron chi connectivity index (χ1n) is 10.4. The van der Waals surface area contributed by atoms with Crippen LogP contribution in [-0.4, -0.2) is 76.2 Å². The monoisotopic (exact) mass is 426 g/mol. The van der Waals surface area contributed by atoms with Gasteiger partial charge in [-0.3, -0.25) is 19.4 Å². The van der Waals surface area contributed by atoms with Crippen LogP contribution in [0.25, 0.3) is 0 Å². The van der Waals surface area contributed by atoms with Crippen LogP contribution in [0.15, 0.2) is 41.9 Å². The van der Waals surface area contributed by atoms with Gasteiger partial charge in [-0.25, -0.2) is 0 Å². The highest BCUT2D eigenvalue weighted by Crippen LogP contribution is 2.23. The van der Waals surface area contributed by atoms with E-state index in [1.165, 1.54) is 11.3 Å². The van der Waals surface area contributed by atoms with E-state index in [-0.39, 0.29) is 24.1 Å². The second-order valence-electron chi connectivity index (χ2n) is 7.69. The van der Waals surface area contributed by atoms with Gasteiger partial charge >= 0.3 is 0 Å². The lowest BCUT2D eigenvalue weighted by Gasteiger charge is -2.40. The van der Waals surface area contributed by atoms with Gasteiger partial charge in [-0.2, -0.15) is 0 Å². The van der Waals surface area contributed by atoms with Crippen LogP contribution in [0.1, 0.15) is 34.6 Å². The zero-order valence-corrected chi connectivity index (χ0v) is 17.7. The Morgan fingerprint density at radius 2 is 1.77 bits per heavy atom. The fourth-order valence-electron chi connectivity index (χ4n) is 4.13. The summed E-state index contributed by atoms with van der Waals surface area (Å²) in [5.41, 5.74) is 0.756. The SMILES string of the molecule is O=C(Cc1ccccn1)N1CCN(C(=O)C2CCCCN2C(=O)c2cccs2)CC1. The number of likely N-dealkylation sites (tertiary alicyclic amines) is 1. The van der Waals surface area contributed by atoms with Crippen molar-refractivity contribution in [3.8, 4) is 0 Å². The highest BCUT2D eigenvalue weighted by molar-refractivity contribution is 7.12. The number of pyridine rings is 1. The number of carbonyl (C=O) groups is 3. The average molecular weight is 427 g/mol. The van der Waals surface area contributed by atoms with E-state index in [4.69, 9.17) is 0 Å². The summed E-state index contributed by atoms with van der Waals surface area (Å²) in [5.74, 6) is -0.00313. The van der Waals surface area contributed by atoms with Crippen molar-refractivity contribution in [3.63, 3.8) is 0 Å². The van der Waals surface area contributed by atoms with Crippen molar-refractivity contribution >= 4 is 29.1 Å². The first-order valence-corrected chi connectivity index (χ1v) is 11.3. The minimum Gasteiger partial charge on any atom is -0.339 e. The van der Waals surface area contributed by atoms with Crippen LogP contribution in [0.3, 0.4) is 0 Å². The van der Waals surface area contributed by atoms with E-state index in [9.17, 15) is 14.4 Å². The molecule has 0 N–H and O–H groups in total. The Morgan fingerprint density at radius 1 is 0.967 bits per heavy atom. The van der Waals surface area contributed by atoms with E-state index in [1.54, 1.807) is 16.0 Å². The maximum atomic E-state index is 13.2. The number of hydrogen-bond acceptors (Lipinski definition) is 5. The molecule has 7 nitrogen and oxygen atoms in total. The molecule has 4 heterocycles. The molecule has 0 aromatic carbocycles. The summed E-state index contributed by atoms with van der Waals surface area (Å²) < 4.78 is 0. The average Bonchev–Trinajstić information content (AvgIpc) is 3.34. The van der Waals surface area contributed by atoms with E-state index in [1.807, 2.05) is 40.6 Å². The van der Waals surface area contributed by atoms with E-state index >= 15 is 0 Å². The summed E-state index contributed by atoms with van der Waals surface area (Å²) >= 11 is 1.41. The van der Waals surface area contributed by atoms with Crippen LogP contribution in [-0.2, 0) is 16.0 Å². The van der Waals surface area contributed by atoms with E-state index in [0.717, 1.165) is 18.5 Å². The summed E-state index contributed by atoms with van der Waals surface area (Å²) in [6.07, 6.45) is 4.55. The van der Waals surface area contributed by atoms with Gasteiger partial charge in [0.2, 0.25) is 11.8 Å². The van der Waals surface area contributed by atoms with Crippen LogP contribution in [0.5, 0.6) is 0 Å². The highest BCUT2D eigenvalue weighted by Gasteiger charge is 2.36. The molecule has 0 bridgehead atoms. The number of rotatable bonds is 4. The molecule has 2 aromatic rings. The normalized spacial score (nSPS) is 19.6. The molecule has 158 valence electrons. The van der Waals surface area contributed by atoms with Crippen LogP contribution in [0, 0.1) is 0 Å². The predicted octanol–water partition coefficient (Wildman–Crippen LogP) is 2.05. The smallest absolute Gasteiger partial charge is 0.264 e. The zero-order valence-electron chi connectivity index (χ0n) is 16.9. The Labute approximate surface area is 180 Å². The van der Waals surface area contributed by atoms with Gasteiger partial charge in [0.1, 0.15) is 6.04 Å². The molecule has 3 amide bonds. The van der Waals surface area contributed by atoms with Crippen molar-refractivity contribution < 1.29 is 14.4 Å². The van der Waals surface area contributed by atoms with Crippen LogP contribution >= 0.6 is 11.3 Å². The van der Waals surface area contributed by atoms with Gasteiger partial charge in [0.15, 0.2) is 0 Å². The molecule has 2 aliphatic heterocycles. The number of piperidine rings is 1. The summed E-state index contributed by atoms with van der Waals surface area (Å²) in [6, 6.07) is 8.83. The first-order chi connectivity index (χ1) is 14.6. The molecule has 2 aliphatic rings. The largest absolute Gasteiger partial charge is 0.339 e. The molecule has 2 fully saturated rings. The molecule has 2 saturated heterocycles. The minimum atomic E-state index is -0.399. The third-order valence-electron chi connectivity index (χ3n) is 5.78. The Balaban J connectivity index is 1.35. The van der Waals surface area contributed by atoms with Crippen molar-refractivity contribution in [2.45, 2.75) is 31.7 Å². The van der Waals surface area contributed by atoms with Gasteiger partial charge in [0, 0.05) is 44.6 Å². The number of amides is 3. The molecule has 0 saturated carbocycles. The third kappa shape index (κ3) is 4.53.